The summed E-state index contributed by atoms with van der Waals surface area (Å²) in [5.74, 6) is -1.68. The standard InChI is InChI=1S/C22H27F2N3O3/c1-22(2,3)30-21(29)26-9-6-18(7-10-26)27-8-4-5-19(27)20(28)25-14-15-11-16(23)13-17(24)12-15/h4-5,8,11-13,18H,6-7,9-10,14H2,1-3H3,(H,25,28). The SMILES string of the molecule is CC(C)(C)OC(=O)N1CCC(n2cccc2C(=O)NCc2cc(F)cc(F)c2)CC1. The number of nitrogens with zero attached hydrogens (tertiary/aromatic N) is 2. The minimum Gasteiger partial charge on any atom is -0.444 e. The van der Waals surface area contributed by atoms with Crippen LogP contribution in [0.1, 0.15) is 55.7 Å². The monoisotopic (exact) mass is 419 g/mol. The normalized spacial score (nSPS) is 15.2. The fraction of sp³-hybridized carbons (Fsp3) is 0.455. The van der Waals surface area contributed by atoms with Crippen LogP contribution in [-0.4, -0.2) is 40.2 Å². The highest BCUT2D eigenvalue weighted by Crippen LogP contribution is 2.26. The molecule has 0 saturated carbocycles. The van der Waals surface area contributed by atoms with Gasteiger partial charge in [-0.05, 0) is 63.4 Å². The second-order valence-corrected chi connectivity index (χ2v) is 8.46. The van der Waals surface area contributed by atoms with Crippen molar-refractivity contribution in [1.29, 1.82) is 0 Å². The molecule has 1 N–H and O–H groups in total. The van der Waals surface area contributed by atoms with Gasteiger partial charge >= 0.3 is 6.09 Å². The molecule has 6 nitrogen and oxygen atoms in total. The van der Waals surface area contributed by atoms with Gasteiger partial charge in [-0.3, -0.25) is 4.79 Å². The number of amides is 2. The molecule has 0 radical (unpaired) electrons. The first-order valence-corrected chi connectivity index (χ1v) is 10.0. The molecule has 0 aliphatic carbocycles. The number of carbonyl (C=O) groups is 2. The lowest BCUT2D eigenvalue weighted by atomic mass is 10.0. The largest absolute Gasteiger partial charge is 0.444 e. The molecule has 1 aromatic carbocycles. The van der Waals surface area contributed by atoms with Gasteiger partial charge in [-0.2, -0.15) is 0 Å². The topological polar surface area (TPSA) is 63.6 Å². The smallest absolute Gasteiger partial charge is 0.410 e. The second kappa shape index (κ2) is 8.85. The highest BCUT2D eigenvalue weighted by molar-refractivity contribution is 5.92. The summed E-state index contributed by atoms with van der Waals surface area (Å²) in [5, 5.41) is 2.71. The Bertz CT molecular complexity index is 892. The molecule has 1 fully saturated rings. The van der Waals surface area contributed by atoms with E-state index in [9.17, 15) is 18.4 Å². The molecule has 0 atom stereocenters. The van der Waals surface area contributed by atoms with Crippen LogP contribution in [0.15, 0.2) is 36.5 Å². The summed E-state index contributed by atoms with van der Waals surface area (Å²) in [7, 11) is 0. The third-order valence-corrected chi connectivity index (χ3v) is 4.90. The van der Waals surface area contributed by atoms with E-state index in [1.54, 1.807) is 17.0 Å². The van der Waals surface area contributed by atoms with Crippen molar-refractivity contribution < 1.29 is 23.1 Å². The van der Waals surface area contributed by atoms with Crippen LogP contribution in [-0.2, 0) is 11.3 Å². The Kier molecular flexibility index (Phi) is 6.43. The van der Waals surface area contributed by atoms with Gasteiger partial charge in [0.2, 0.25) is 0 Å². The van der Waals surface area contributed by atoms with E-state index in [1.165, 1.54) is 12.1 Å². The fourth-order valence-electron chi connectivity index (χ4n) is 3.54. The van der Waals surface area contributed by atoms with Crippen LogP contribution in [0.5, 0.6) is 0 Å². The molecule has 0 unspecified atom stereocenters. The zero-order valence-corrected chi connectivity index (χ0v) is 17.5. The maximum atomic E-state index is 13.3. The minimum absolute atomic E-state index is 0.0236. The van der Waals surface area contributed by atoms with E-state index in [0.29, 0.717) is 37.2 Å². The van der Waals surface area contributed by atoms with Gasteiger partial charge < -0.3 is 19.5 Å². The van der Waals surface area contributed by atoms with Gasteiger partial charge in [-0.1, -0.05) is 0 Å². The maximum Gasteiger partial charge on any atom is 0.410 e. The first-order valence-electron chi connectivity index (χ1n) is 10.0. The van der Waals surface area contributed by atoms with E-state index >= 15 is 0 Å². The lowest BCUT2D eigenvalue weighted by Gasteiger charge is -2.34. The van der Waals surface area contributed by atoms with Gasteiger partial charge in [0, 0.05) is 37.9 Å². The number of hydrogen-bond acceptors (Lipinski definition) is 3. The van der Waals surface area contributed by atoms with Crippen molar-refractivity contribution in [3.8, 4) is 0 Å². The van der Waals surface area contributed by atoms with E-state index in [0.717, 1.165) is 6.07 Å². The number of aromatic nitrogens is 1. The molecule has 8 heteroatoms. The average molecular weight is 419 g/mol. The molecule has 162 valence electrons. The van der Waals surface area contributed by atoms with Crippen molar-refractivity contribution in [3.63, 3.8) is 0 Å². The number of nitrogens with one attached hydrogen (secondary N) is 1. The van der Waals surface area contributed by atoms with Crippen LogP contribution >= 0.6 is 0 Å². The number of piperidine rings is 1. The first-order chi connectivity index (χ1) is 14.1. The number of rotatable bonds is 4. The summed E-state index contributed by atoms with van der Waals surface area (Å²) in [6.07, 6.45) is 2.91. The Balaban J connectivity index is 1.59. The van der Waals surface area contributed by atoms with Gasteiger partial charge in [0.05, 0.1) is 0 Å². The van der Waals surface area contributed by atoms with E-state index < -0.39 is 17.2 Å². The van der Waals surface area contributed by atoms with Gasteiger partial charge in [-0.25, -0.2) is 13.6 Å². The molecular formula is C22H27F2N3O3. The molecule has 1 aromatic heterocycles. The molecule has 2 aromatic rings. The zero-order chi connectivity index (χ0) is 21.9. The predicted molar refractivity (Wildman–Crippen MR) is 108 cm³/mol. The van der Waals surface area contributed by atoms with Gasteiger partial charge in [0.25, 0.3) is 5.91 Å². The summed E-state index contributed by atoms with van der Waals surface area (Å²) >= 11 is 0. The summed E-state index contributed by atoms with van der Waals surface area (Å²) in [5.41, 5.74) is 0.289. The number of hydrogen-bond donors (Lipinski definition) is 1. The van der Waals surface area contributed by atoms with Crippen LogP contribution in [0, 0.1) is 11.6 Å². The lowest BCUT2D eigenvalue weighted by Crippen LogP contribution is -2.42. The van der Waals surface area contributed by atoms with Crippen LogP contribution in [0.2, 0.25) is 0 Å². The van der Waals surface area contributed by atoms with Crippen molar-refractivity contribution in [2.24, 2.45) is 0 Å². The van der Waals surface area contributed by atoms with Crippen LogP contribution in [0.3, 0.4) is 0 Å². The van der Waals surface area contributed by atoms with Crippen molar-refractivity contribution in [2.45, 2.75) is 51.8 Å². The maximum absolute atomic E-state index is 13.3. The molecular weight excluding hydrogens is 392 g/mol. The molecule has 3 rings (SSSR count). The van der Waals surface area contributed by atoms with E-state index in [2.05, 4.69) is 5.32 Å². The summed E-state index contributed by atoms with van der Waals surface area (Å²) in [6.45, 7) is 6.61. The quantitative estimate of drug-likeness (QED) is 0.805. The van der Waals surface area contributed by atoms with Crippen LogP contribution in [0.25, 0.3) is 0 Å². The minimum atomic E-state index is -0.681. The van der Waals surface area contributed by atoms with Gasteiger partial charge in [0.1, 0.15) is 22.9 Å². The molecule has 1 saturated heterocycles. The molecule has 1 aliphatic heterocycles. The Morgan fingerprint density at radius 2 is 1.77 bits per heavy atom. The van der Waals surface area contributed by atoms with E-state index in [4.69, 9.17) is 4.74 Å². The summed E-state index contributed by atoms with van der Waals surface area (Å²) in [4.78, 5) is 26.6. The molecule has 1 aliphatic rings. The molecule has 0 spiro atoms. The average Bonchev–Trinajstić information content (AvgIpc) is 3.14. The summed E-state index contributed by atoms with van der Waals surface area (Å²) < 4.78 is 34.0. The highest BCUT2D eigenvalue weighted by Gasteiger charge is 2.28. The number of halogens is 2. The van der Waals surface area contributed by atoms with Gasteiger partial charge in [0.15, 0.2) is 0 Å². The number of likely N-dealkylation sites (tertiary alicyclic amines) is 1. The van der Waals surface area contributed by atoms with Crippen molar-refractivity contribution in [1.82, 2.24) is 14.8 Å². The number of ether oxygens (including phenoxy) is 1. The molecule has 2 heterocycles. The van der Waals surface area contributed by atoms with E-state index in [-0.39, 0.29) is 24.6 Å². The van der Waals surface area contributed by atoms with Crippen molar-refractivity contribution in [3.05, 3.63) is 59.4 Å². The van der Waals surface area contributed by atoms with Crippen molar-refractivity contribution in [2.75, 3.05) is 13.1 Å². The van der Waals surface area contributed by atoms with Crippen molar-refractivity contribution >= 4 is 12.0 Å². The Morgan fingerprint density at radius 3 is 2.37 bits per heavy atom. The Labute approximate surface area is 174 Å². The fourth-order valence-corrected chi connectivity index (χ4v) is 3.54. The first kappa shape index (κ1) is 21.8. The predicted octanol–water partition coefficient (Wildman–Crippen LogP) is 4.27. The lowest BCUT2D eigenvalue weighted by molar-refractivity contribution is 0.0187. The highest BCUT2D eigenvalue weighted by atomic mass is 19.1. The summed E-state index contributed by atoms with van der Waals surface area (Å²) in [6, 6.07) is 6.74. The Morgan fingerprint density at radius 1 is 1.13 bits per heavy atom. The van der Waals surface area contributed by atoms with Crippen LogP contribution < -0.4 is 5.32 Å². The third-order valence-electron chi connectivity index (χ3n) is 4.90. The second-order valence-electron chi connectivity index (χ2n) is 8.46. The van der Waals surface area contributed by atoms with E-state index in [1.807, 2.05) is 31.5 Å². The third kappa shape index (κ3) is 5.58. The Hall–Kier alpha value is -2.90. The molecule has 2 amide bonds. The van der Waals surface area contributed by atoms with Gasteiger partial charge in [-0.15, -0.1) is 0 Å². The number of carbonyl (C=O) groups excluding carboxylic acids is 2. The zero-order valence-electron chi connectivity index (χ0n) is 17.5. The number of benzene rings is 1. The molecule has 30 heavy (non-hydrogen) atoms. The van der Waals surface area contributed by atoms with Crippen LogP contribution in [0.4, 0.5) is 13.6 Å². The molecule has 0 bridgehead atoms.